The van der Waals surface area contributed by atoms with Gasteiger partial charge in [-0.2, -0.15) is 0 Å². The summed E-state index contributed by atoms with van der Waals surface area (Å²) in [6.45, 7) is 0. The Morgan fingerprint density at radius 1 is 0.227 bits per heavy atom. The summed E-state index contributed by atoms with van der Waals surface area (Å²) in [5.74, 6) is 0. The zero-order chi connectivity index (χ0) is 44.5. The van der Waals surface area contributed by atoms with Gasteiger partial charge in [0.1, 0.15) is 0 Å². The SMILES string of the molecule is N#Cc1cc[c]([Ge]([c]2ccccc2)([c]2ccccc2)[c]2ccc(N(c3ccc(N(c4ccccc4)c4ccccc4)cc3)c3ccc(N(c4ccccc4)c4ccccc4)cc3)cc2)cc1. The van der Waals surface area contributed by atoms with Crippen LogP contribution in [0.5, 0.6) is 0 Å². The van der Waals surface area contributed by atoms with Crippen molar-refractivity contribution in [1.82, 2.24) is 0 Å². The minimum atomic E-state index is -3.63. The molecule has 0 saturated heterocycles. The van der Waals surface area contributed by atoms with E-state index in [9.17, 15) is 5.26 Å². The van der Waals surface area contributed by atoms with E-state index in [2.05, 4.69) is 288 Å². The molecule has 0 aliphatic heterocycles. The van der Waals surface area contributed by atoms with Crippen LogP contribution in [-0.4, -0.2) is 13.3 Å². The molecule has 4 nitrogen and oxygen atoms in total. The summed E-state index contributed by atoms with van der Waals surface area (Å²) in [4.78, 5) is 6.94. The third-order valence-electron chi connectivity index (χ3n) is 12.2. The fourth-order valence-electron chi connectivity index (χ4n) is 9.18. The van der Waals surface area contributed by atoms with Gasteiger partial charge in [-0.25, -0.2) is 0 Å². The van der Waals surface area contributed by atoms with Crippen LogP contribution in [0, 0.1) is 11.3 Å². The Labute approximate surface area is 390 Å². The average molecular weight is 908 g/mol. The molecule has 0 aliphatic rings. The van der Waals surface area contributed by atoms with Crippen LogP contribution in [0.1, 0.15) is 5.56 Å². The van der Waals surface area contributed by atoms with E-state index in [4.69, 9.17) is 0 Å². The first-order chi connectivity index (χ1) is 32.7. The third kappa shape index (κ3) is 8.28. The molecule has 0 unspecified atom stereocenters. The Morgan fingerprint density at radius 3 is 0.682 bits per heavy atom. The van der Waals surface area contributed by atoms with Gasteiger partial charge >= 0.3 is 320 Å². The maximum atomic E-state index is 9.80. The Bertz CT molecular complexity index is 2900. The first-order valence-corrected chi connectivity index (χ1v) is 26.4. The molecule has 10 aromatic carbocycles. The number of hydrogen-bond donors (Lipinski definition) is 0. The molecule has 0 N–H and O–H groups in total. The van der Waals surface area contributed by atoms with Gasteiger partial charge in [-0.15, -0.1) is 0 Å². The van der Waals surface area contributed by atoms with Gasteiger partial charge in [-0.3, -0.25) is 0 Å². The summed E-state index contributed by atoms with van der Waals surface area (Å²) < 4.78 is 5.22. The van der Waals surface area contributed by atoms with Crippen molar-refractivity contribution in [1.29, 1.82) is 5.26 Å². The quantitative estimate of drug-likeness (QED) is 0.108. The number of para-hydroxylation sites is 4. The predicted octanol–water partition coefficient (Wildman–Crippen LogP) is 13.3. The molecular formula is C61H46GeN4. The Hall–Kier alpha value is -8.37. The van der Waals surface area contributed by atoms with E-state index in [1.54, 1.807) is 0 Å². The Kier molecular flexibility index (Phi) is 12.1. The molecule has 0 radical (unpaired) electrons. The van der Waals surface area contributed by atoms with Crippen LogP contribution < -0.4 is 32.3 Å². The van der Waals surface area contributed by atoms with E-state index in [1.165, 1.54) is 17.6 Å². The molecule has 0 fully saturated rings. The molecule has 0 heterocycles. The number of benzene rings is 10. The normalized spacial score (nSPS) is 11.0. The first kappa shape index (κ1) is 41.6. The van der Waals surface area contributed by atoms with E-state index >= 15 is 0 Å². The van der Waals surface area contributed by atoms with Crippen molar-refractivity contribution in [2.45, 2.75) is 0 Å². The van der Waals surface area contributed by atoms with E-state index in [0.29, 0.717) is 5.56 Å². The third-order valence-corrected chi connectivity index (χ3v) is 22.3. The van der Waals surface area contributed by atoms with Gasteiger partial charge in [0.15, 0.2) is 0 Å². The summed E-state index contributed by atoms with van der Waals surface area (Å²) in [6.07, 6.45) is 0. The van der Waals surface area contributed by atoms with E-state index in [0.717, 1.165) is 51.2 Å². The molecule has 5 heteroatoms. The van der Waals surface area contributed by atoms with Crippen LogP contribution in [-0.2, 0) is 0 Å². The summed E-state index contributed by atoms with van der Waals surface area (Å²) in [5, 5.41) is 9.80. The molecule has 0 aromatic heterocycles. The average Bonchev–Trinajstić information content (AvgIpc) is 3.40. The molecule has 10 aromatic rings. The van der Waals surface area contributed by atoms with Gasteiger partial charge in [0.05, 0.1) is 0 Å². The van der Waals surface area contributed by atoms with Gasteiger partial charge in [0, 0.05) is 0 Å². The van der Waals surface area contributed by atoms with Gasteiger partial charge in [0.25, 0.3) is 0 Å². The molecular weight excluding hydrogens is 861 g/mol. The Morgan fingerprint density at radius 2 is 0.424 bits per heavy atom. The van der Waals surface area contributed by atoms with Gasteiger partial charge in [-0.1, -0.05) is 72.8 Å². The number of nitriles is 1. The van der Waals surface area contributed by atoms with Crippen molar-refractivity contribution < 1.29 is 0 Å². The van der Waals surface area contributed by atoms with E-state index in [-0.39, 0.29) is 0 Å². The molecule has 0 bridgehead atoms. The topological polar surface area (TPSA) is 33.5 Å². The van der Waals surface area contributed by atoms with Crippen molar-refractivity contribution in [3.8, 4) is 6.07 Å². The standard InChI is InChI=1S/C61H46GeN4/c63-47-48-31-33-51(34-32-48)62(49-19-7-1-8-20-49,50-21-9-2-10-22-50)52-35-37-57(38-36-52)66(60-43-39-58(40-44-60)64(53-23-11-3-12-24-53)54-25-13-4-14-26-54)61-45-41-59(42-46-61)65(55-27-15-5-16-28-55)56-29-17-6-18-30-56/h1-46H. The number of nitrogens with zero attached hydrogens (tertiary/aromatic N) is 4. The molecule has 0 spiro atoms. The van der Waals surface area contributed by atoms with Crippen LogP contribution in [0.15, 0.2) is 279 Å². The van der Waals surface area contributed by atoms with Crippen molar-refractivity contribution in [3.63, 3.8) is 0 Å². The zero-order valence-electron chi connectivity index (χ0n) is 36.3. The van der Waals surface area contributed by atoms with Gasteiger partial charge in [0.2, 0.25) is 0 Å². The van der Waals surface area contributed by atoms with Crippen molar-refractivity contribution >= 4 is 82.0 Å². The maximum absolute atomic E-state index is 9.80. The number of rotatable bonds is 13. The second-order valence-corrected chi connectivity index (χ2v) is 24.1. The molecule has 0 saturated carbocycles. The van der Waals surface area contributed by atoms with Gasteiger partial charge in [-0.05, 0) is 0 Å². The van der Waals surface area contributed by atoms with Crippen molar-refractivity contribution in [2.24, 2.45) is 0 Å². The van der Waals surface area contributed by atoms with E-state index < -0.39 is 13.3 Å². The van der Waals surface area contributed by atoms with Crippen LogP contribution >= 0.6 is 0 Å². The summed E-state index contributed by atoms with van der Waals surface area (Å²) in [6, 6.07) is 102. The second-order valence-electron chi connectivity index (χ2n) is 16.1. The van der Waals surface area contributed by atoms with Gasteiger partial charge < -0.3 is 0 Å². The second kappa shape index (κ2) is 19.2. The summed E-state index contributed by atoms with van der Waals surface area (Å²) in [5.41, 5.74) is 10.3. The zero-order valence-corrected chi connectivity index (χ0v) is 38.4. The predicted molar refractivity (Wildman–Crippen MR) is 279 cm³/mol. The van der Waals surface area contributed by atoms with E-state index in [1.807, 2.05) is 12.1 Å². The number of hydrogen-bond acceptors (Lipinski definition) is 4. The van der Waals surface area contributed by atoms with Crippen molar-refractivity contribution in [2.75, 3.05) is 14.7 Å². The molecule has 0 aliphatic carbocycles. The Balaban J connectivity index is 1.11. The van der Waals surface area contributed by atoms with Crippen LogP contribution in [0.4, 0.5) is 51.2 Å². The van der Waals surface area contributed by atoms with Crippen LogP contribution in [0.3, 0.4) is 0 Å². The fourth-order valence-corrected chi connectivity index (χ4v) is 19.1. The molecule has 0 amide bonds. The first-order valence-electron chi connectivity index (χ1n) is 22.2. The minimum absolute atomic E-state index is 0.658. The van der Waals surface area contributed by atoms with Crippen LogP contribution in [0.2, 0.25) is 0 Å². The molecule has 66 heavy (non-hydrogen) atoms. The number of anilines is 9. The monoisotopic (exact) mass is 908 g/mol. The molecule has 0 atom stereocenters. The molecule has 314 valence electrons. The summed E-state index contributed by atoms with van der Waals surface area (Å²) in [7, 11) is 0. The van der Waals surface area contributed by atoms with Crippen molar-refractivity contribution in [3.05, 3.63) is 285 Å². The van der Waals surface area contributed by atoms with Crippen LogP contribution in [0.25, 0.3) is 0 Å². The molecule has 10 rings (SSSR count). The summed E-state index contributed by atoms with van der Waals surface area (Å²) >= 11 is -3.63. The fraction of sp³-hybridized carbons (Fsp3) is 0.